The second-order valence-electron chi connectivity index (χ2n) is 5.83. The Morgan fingerprint density at radius 2 is 2.23 bits per heavy atom. The third kappa shape index (κ3) is 4.55. The lowest BCUT2D eigenvalue weighted by Crippen LogP contribution is -2.50. The number of morpholine rings is 1. The first kappa shape index (κ1) is 16.5. The fourth-order valence-electron chi connectivity index (χ4n) is 2.62. The minimum absolute atomic E-state index is 0.0418. The molecule has 1 heterocycles. The van der Waals surface area contributed by atoms with E-state index in [-0.39, 0.29) is 11.8 Å². The van der Waals surface area contributed by atoms with Crippen molar-refractivity contribution in [3.05, 3.63) is 35.9 Å². The van der Waals surface area contributed by atoms with Gasteiger partial charge in [0.25, 0.3) is 5.91 Å². The van der Waals surface area contributed by atoms with E-state index < -0.39 is 6.10 Å². The molecule has 1 aliphatic heterocycles. The molecule has 0 bridgehead atoms. The van der Waals surface area contributed by atoms with Crippen LogP contribution in [0.15, 0.2) is 30.3 Å². The van der Waals surface area contributed by atoms with E-state index in [0.717, 1.165) is 13.1 Å². The smallest absolute Gasteiger partial charge is 0.252 e. The van der Waals surface area contributed by atoms with Crippen molar-refractivity contribution in [2.45, 2.75) is 19.6 Å². The standard InChI is InChI=1S/C17H23N3O2/c1-14(10-18)11-19(2)17(21)16-13-20(8-9-22-16)12-15-6-4-3-5-7-15/h3-7,14,16H,8-9,11-13H2,1-2H3/t14-,16-/m0/s1. The van der Waals surface area contributed by atoms with Gasteiger partial charge in [-0.15, -0.1) is 0 Å². The minimum Gasteiger partial charge on any atom is -0.366 e. The third-order valence-electron chi connectivity index (χ3n) is 3.82. The van der Waals surface area contributed by atoms with Gasteiger partial charge in [0, 0.05) is 33.2 Å². The Morgan fingerprint density at radius 1 is 1.50 bits per heavy atom. The van der Waals surface area contributed by atoms with E-state index in [2.05, 4.69) is 23.1 Å². The molecule has 0 unspecified atom stereocenters. The number of rotatable bonds is 5. The monoisotopic (exact) mass is 301 g/mol. The molecule has 5 nitrogen and oxygen atoms in total. The number of nitriles is 1. The van der Waals surface area contributed by atoms with E-state index in [9.17, 15) is 4.79 Å². The van der Waals surface area contributed by atoms with Crippen LogP contribution in [0.25, 0.3) is 0 Å². The number of amides is 1. The molecule has 0 radical (unpaired) electrons. The molecule has 1 aromatic carbocycles. The van der Waals surface area contributed by atoms with Crippen LogP contribution >= 0.6 is 0 Å². The van der Waals surface area contributed by atoms with Crippen LogP contribution in [0.5, 0.6) is 0 Å². The fourth-order valence-corrected chi connectivity index (χ4v) is 2.62. The number of ether oxygens (including phenoxy) is 1. The topological polar surface area (TPSA) is 56.6 Å². The Morgan fingerprint density at radius 3 is 2.91 bits per heavy atom. The molecule has 118 valence electrons. The van der Waals surface area contributed by atoms with Crippen LogP contribution in [0.4, 0.5) is 0 Å². The van der Waals surface area contributed by atoms with E-state index in [1.165, 1.54) is 5.56 Å². The van der Waals surface area contributed by atoms with Gasteiger partial charge >= 0.3 is 0 Å². The summed E-state index contributed by atoms with van der Waals surface area (Å²) in [6, 6.07) is 12.4. The molecule has 1 saturated heterocycles. The molecule has 0 aliphatic carbocycles. The summed E-state index contributed by atoms with van der Waals surface area (Å²) in [7, 11) is 1.73. The van der Waals surface area contributed by atoms with E-state index in [0.29, 0.717) is 19.7 Å². The number of carbonyl (C=O) groups excluding carboxylic acids is 1. The molecule has 1 fully saturated rings. The van der Waals surface area contributed by atoms with Crippen molar-refractivity contribution in [3.8, 4) is 6.07 Å². The molecule has 1 aliphatic rings. The summed E-state index contributed by atoms with van der Waals surface area (Å²) < 4.78 is 5.63. The van der Waals surface area contributed by atoms with Gasteiger partial charge in [0.05, 0.1) is 18.6 Å². The lowest BCUT2D eigenvalue weighted by Gasteiger charge is -2.34. The fraction of sp³-hybridized carbons (Fsp3) is 0.529. The highest BCUT2D eigenvalue weighted by molar-refractivity contribution is 5.81. The predicted molar refractivity (Wildman–Crippen MR) is 83.9 cm³/mol. The average molecular weight is 301 g/mol. The van der Waals surface area contributed by atoms with Crippen LogP contribution < -0.4 is 0 Å². The molecule has 22 heavy (non-hydrogen) atoms. The van der Waals surface area contributed by atoms with Crippen LogP contribution in [0.2, 0.25) is 0 Å². The summed E-state index contributed by atoms with van der Waals surface area (Å²) in [6.45, 7) is 5.06. The summed E-state index contributed by atoms with van der Waals surface area (Å²) in [5.74, 6) is -0.210. The molecular weight excluding hydrogens is 278 g/mol. The number of hydrogen-bond donors (Lipinski definition) is 0. The molecular formula is C17H23N3O2. The molecule has 0 aromatic heterocycles. The van der Waals surface area contributed by atoms with Crippen LogP contribution in [-0.2, 0) is 16.1 Å². The van der Waals surface area contributed by atoms with Gasteiger partial charge in [-0.05, 0) is 12.5 Å². The maximum Gasteiger partial charge on any atom is 0.252 e. The molecule has 2 rings (SSSR count). The first-order chi connectivity index (χ1) is 10.6. The largest absolute Gasteiger partial charge is 0.366 e. The number of carbonyl (C=O) groups is 1. The SMILES string of the molecule is C[C@@H](C#N)CN(C)C(=O)[C@@H]1CN(Cc2ccccc2)CCO1. The van der Waals surface area contributed by atoms with Crippen LogP contribution in [0, 0.1) is 17.2 Å². The second kappa shape index (κ2) is 7.92. The van der Waals surface area contributed by atoms with Crippen LogP contribution in [0.1, 0.15) is 12.5 Å². The summed E-state index contributed by atoms with van der Waals surface area (Å²) in [4.78, 5) is 16.3. The summed E-state index contributed by atoms with van der Waals surface area (Å²) >= 11 is 0. The van der Waals surface area contributed by atoms with Gasteiger partial charge < -0.3 is 9.64 Å². The van der Waals surface area contributed by atoms with Crippen LogP contribution in [-0.4, -0.2) is 55.1 Å². The van der Waals surface area contributed by atoms with Crippen molar-refractivity contribution in [1.82, 2.24) is 9.80 Å². The van der Waals surface area contributed by atoms with Crippen molar-refractivity contribution < 1.29 is 9.53 Å². The zero-order valence-electron chi connectivity index (χ0n) is 13.2. The van der Waals surface area contributed by atoms with Crippen molar-refractivity contribution in [2.24, 2.45) is 5.92 Å². The molecule has 1 amide bonds. The van der Waals surface area contributed by atoms with Gasteiger partial charge in [-0.25, -0.2) is 0 Å². The highest BCUT2D eigenvalue weighted by atomic mass is 16.5. The maximum atomic E-state index is 12.4. The number of nitrogens with zero attached hydrogens (tertiary/aromatic N) is 3. The first-order valence-corrected chi connectivity index (χ1v) is 7.62. The van der Waals surface area contributed by atoms with Gasteiger partial charge in [0.15, 0.2) is 0 Å². The lowest BCUT2D eigenvalue weighted by atomic mass is 10.1. The summed E-state index contributed by atoms with van der Waals surface area (Å²) in [5.41, 5.74) is 1.24. The van der Waals surface area contributed by atoms with E-state index in [1.807, 2.05) is 25.1 Å². The molecule has 0 N–H and O–H groups in total. The van der Waals surface area contributed by atoms with Gasteiger partial charge in [-0.2, -0.15) is 5.26 Å². The van der Waals surface area contributed by atoms with Gasteiger partial charge in [-0.3, -0.25) is 9.69 Å². The number of likely N-dealkylation sites (N-methyl/N-ethyl adjacent to an activating group) is 1. The molecule has 2 atom stereocenters. The first-order valence-electron chi connectivity index (χ1n) is 7.62. The normalized spacial score (nSPS) is 20.1. The summed E-state index contributed by atoms with van der Waals surface area (Å²) in [5, 5.41) is 8.85. The quantitative estimate of drug-likeness (QED) is 0.827. The van der Waals surface area contributed by atoms with E-state index >= 15 is 0 Å². The Labute approximate surface area is 132 Å². The Bertz CT molecular complexity index is 526. The van der Waals surface area contributed by atoms with Crippen molar-refractivity contribution in [2.75, 3.05) is 33.3 Å². The Balaban J connectivity index is 1.90. The van der Waals surface area contributed by atoms with Crippen molar-refractivity contribution in [3.63, 3.8) is 0 Å². The highest BCUT2D eigenvalue weighted by Gasteiger charge is 2.29. The second-order valence-corrected chi connectivity index (χ2v) is 5.83. The molecule has 0 saturated carbocycles. The van der Waals surface area contributed by atoms with Gasteiger partial charge in [-0.1, -0.05) is 30.3 Å². The number of hydrogen-bond acceptors (Lipinski definition) is 4. The summed E-state index contributed by atoms with van der Waals surface area (Å²) in [6.07, 6.45) is -0.437. The maximum absolute atomic E-state index is 12.4. The van der Waals surface area contributed by atoms with E-state index in [1.54, 1.807) is 11.9 Å². The van der Waals surface area contributed by atoms with Gasteiger partial charge in [0.1, 0.15) is 6.10 Å². The average Bonchev–Trinajstić information content (AvgIpc) is 2.55. The zero-order chi connectivity index (χ0) is 15.9. The Hall–Kier alpha value is -1.90. The van der Waals surface area contributed by atoms with E-state index in [4.69, 9.17) is 10.00 Å². The molecule has 1 aromatic rings. The molecule has 0 spiro atoms. The predicted octanol–water partition coefficient (Wildman–Crippen LogP) is 1.51. The van der Waals surface area contributed by atoms with Crippen molar-refractivity contribution in [1.29, 1.82) is 5.26 Å². The van der Waals surface area contributed by atoms with Crippen LogP contribution in [0.3, 0.4) is 0 Å². The lowest BCUT2D eigenvalue weighted by molar-refractivity contribution is -0.148. The Kier molecular flexibility index (Phi) is 5.93. The van der Waals surface area contributed by atoms with Gasteiger partial charge in [0.2, 0.25) is 0 Å². The number of benzene rings is 1. The van der Waals surface area contributed by atoms with Crippen molar-refractivity contribution >= 4 is 5.91 Å². The minimum atomic E-state index is -0.437. The highest BCUT2D eigenvalue weighted by Crippen LogP contribution is 2.12. The zero-order valence-corrected chi connectivity index (χ0v) is 13.2. The molecule has 5 heteroatoms. The third-order valence-corrected chi connectivity index (χ3v) is 3.82.